The highest BCUT2D eigenvalue weighted by Crippen LogP contribution is 2.31. The van der Waals surface area contributed by atoms with E-state index >= 15 is 0 Å². The van der Waals surface area contributed by atoms with Gasteiger partial charge in [0, 0.05) is 5.02 Å². The molecule has 20 heavy (non-hydrogen) atoms. The molecular weight excluding hydrogens is 321 g/mol. The van der Waals surface area contributed by atoms with E-state index in [9.17, 15) is 13.5 Å². The summed E-state index contributed by atoms with van der Waals surface area (Å²) in [4.78, 5) is -0.144. The zero-order chi connectivity index (χ0) is 14.9. The first-order chi connectivity index (χ1) is 9.31. The van der Waals surface area contributed by atoms with Crippen LogP contribution in [0.2, 0.25) is 10.0 Å². The van der Waals surface area contributed by atoms with Gasteiger partial charge in [0.1, 0.15) is 10.6 Å². The molecule has 0 spiro atoms. The summed E-state index contributed by atoms with van der Waals surface area (Å²) < 4.78 is 26.9. The van der Waals surface area contributed by atoms with Crippen LogP contribution in [0.5, 0.6) is 5.75 Å². The van der Waals surface area contributed by atoms with Crippen LogP contribution in [-0.2, 0) is 10.0 Å². The molecule has 0 aliphatic heterocycles. The van der Waals surface area contributed by atoms with E-state index in [0.29, 0.717) is 5.56 Å². The Labute approximate surface area is 127 Å². The molecule has 0 heterocycles. The maximum atomic E-state index is 12.3. The quantitative estimate of drug-likeness (QED) is 0.840. The second-order valence-corrected chi connectivity index (χ2v) is 6.64. The Bertz CT molecular complexity index is 740. The number of rotatable bonds is 3. The molecule has 0 bridgehead atoms. The third-order valence-corrected chi connectivity index (χ3v) is 4.74. The fourth-order valence-electron chi connectivity index (χ4n) is 1.66. The number of phenolic OH excluding ortho intramolecular Hbond substituents is 1. The monoisotopic (exact) mass is 331 g/mol. The van der Waals surface area contributed by atoms with Crippen LogP contribution in [0.4, 0.5) is 5.69 Å². The van der Waals surface area contributed by atoms with Gasteiger partial charge in [-0.15, -0.1) is 0 Å². The maximum absolute atomic E-state index is 12.3. The molecular formula is C13H11Cl2NO3S. The summed E-state index contributed by atoms with van der Waals surface area (Å²) in [6.07, 6.45) is 0. The molecule has 0 aliphatic carbocycles. The van der Waals surface area contributed by atoms with Crippen LogP contribution in [0.3, 0.4) is 0 Å². The van der Waals surface area contributed by atoms with Crippen LogP contribution < -0.4 is 4.72 Å². The van der Waals surface area contributed by atoms with Crippen molar-refractivity contribution in [2.24, 2.45) is 0 Å². The maximum Gasteiger partial charge on any atom is 0.263 e. The number of anilines is 1. The smallest absolute Gasteiger partial charge is 0.263 e. The highest BCUT2D eigenvalue weighted by atomic mass is 35.5. The van der Waals surface area contributed by atoms with Crippen LogP contribution in [0.15, 0.2) is 41.3 Å². The van der Waals surface area contributed by atoms with Crippen molar-refractivity contribution in [2.45, 2.75) is 11.8 Å². The minimum atomic E-state index is -3.94. The zero-order valence-corrected chi connectivity index (χ0v) is 12.7. The number of hydrogen-bond donors (Lipinski definition) is 2. The van der Waals surface area contributed by atoms with E-state index in [2.05, 4.69) is 4.72 Å². The molecule has 0 fully saturated rings. The second-order valence-electron chi connectivity index (χ2n) is 4.15. The van der Waals surface area contributed by atoms with Gasteiger partial charge in [0.15, 0.2) is 0 Å². The van der Waals surface area contributed by atoms with Gasteiger partial charge in [-0.05, 0) is 36.8 Å². The van der Waals surface area contributed by atoms with Gasteiger partial charge in [0.25, 0.3) is 10.0 Å². The Morgan fingerprint density at radius 2 is 1.85 bits per heavy atom. The summed E-state index contributed by atoms with van der Waals surface area (Å²) in [6, 6.07) is 8.84. The number of aryl methyl sites for hydroxylation is 1. The Kier molecular flexibility index (Phi) is 4.13. The number of aromatic hydroxyl groups is 1. The van der Waals surface area contributed by atoms with Crippen LogP contribution in [0.25, 0.3) is 0 Å². The van der Waals surface area contributed by atoms with Crippen molar-refractivity contribution in [3.8, 4) is 5.75 Å². The fraction of sp³-hybridized carbons (Fsp3) is 0.0769. The van der Waals surface area contributed by atoms with E-state index < -0.39 is 10.0 Å². The van der Waals surface area contributed by atoms with Gasteiger partial charge in [-0.25, -0.2) is 8.42 Å². The van der Waals surface area contributed by atoms with E-state index in [1.165, 1.54) is 24.3 Å². The number of nitrogens with one attached hydrogen (secondary N) is 1. The lowest BCUT2D eigenvalue weighted by Crippen LogP contribution is -2.14. The van der Waals surface area contributed by atoms with Gasteiger partial charge < -0.3 is 5.11 Å². The summed E-state index contributed by atoms with van der Waals surface area (Å²) in [5.41, 5.74) is 0.704. The molecule has 0 atom stereocenters. The summed E-state index contributed by atoms with van der Waals surface area (Å²) in [5, 5.41) is 10.0. The third kappa shape index (κ3) is 3.00. The number of benzene rings is 2. The molecule has 0 unspecified atom stereocenters. The minimum absolute atomic E-state index is 0.0509. The molecule has 4 nitrogen and oxygen atoms in total. The number of halogens is 2. The lowest BCUT2D eigenvalue weighted by Gasteiger charge is -2.13. The predicted octanol–water partition coefficient (Wildman–Crippen LogP) is 3.81. The molecule has 106 valence electrons. The number of hydrogen-bond acceptors (Lipinski definition) is 3. The molecule has 0 radical (unpaired) electrons. The van der Waals surface area contributed by atoms with Crippen molar-refractivity contribution < 1.29 is 13.5 Å². The molecule has 0 aliphatic rings. The molecule has 0 amide bonds. The second kappa shape index (κ2) is 5.52. The predicted molar refractivity (Wildman–Crippen MR) is 80.1 cm³/mol. The molecule has 0 aromatic heterocycles. The van der Waals surface area contributed by atoms with Gasteiger partial charge in [-0.1, -0.05) is 35.3 Å². The first kappa shape index (κ1) is 15.0. The number of phenols is 1. The lowest BCUT2D eigenvalue weighted by atomic mass is 10.2. The SMILES string of the molecule is Cc1cccc(O)c1NS(=O)(=O)c1cc(Cl)ccc1Cl. The van der Waals surface area contributed by atoms with Gasteiger partial charge in [-0.2, -0.15) is 0 Å². The Hall–Kier alpha value is -1.43. The van der Waals surface area contributed by atoms with Crippen molar-refractivity contribution in [2.75, 3.05) is 4.72 Å². The van der Waals surface area contributed by atoms with Crippen molar-refractivity contribution in [1.82, 2.24) is 0 Å². The largest absolute Gasteiger partial charge is 0.506 e. The summed E-state index contributed by atoms with van der Waals surface area (Å²) in [7, 11) is -3.94. The molecule has 2 aromatic rings. The average Bonchev–Trinajstić information content (AvgIpc) is 2.37. The highest BCUT2D eigenvalue weighted by molar-refractivity contribution is 7.92. The Balaban J connectivity index is 2.49. The van der Waals surface area contributed by atoms with Gasteiger partial charge in [0.05, 0.1) is 10.7 Å². The summed E-state index contributed by atoms with van der Waals surface area (Å²) >= 11 is 11.7. The van der Waals surface area contributed by atoms with Gasteiger partial charge >= 0.3 is 0 Å². The lowest BCUT2D eigenvalue weighted by molar-refractivity contribution is 0.477. The normalized spacial score (nSPS) is 11.3. The Morgan fingerprint density at radius 1 is 1.15 bits per heavy atom. The van der Waals surface area contributed by atoms with Crippen molar-refractivity contribution in [3.63, 3.8) is 0 Å². The molecule has 0 saturated heterocycles. The van der Waals surface area contributed by atoms with E-state index in [4.69, 9.17) is 23.2 Å². The van der Waals surface area contributed by atoms with E-state index in [1.807, 2.05) is 0 Å². The standard InChI is InChI=1S/C13H11Cl2NO3S/c1-8-3-2-4-11(17)13(8)16-20(18,19)12-7-9(14)5-6-10(12)15/h2-7,16-17H,1H3. The average molecular weight is 332 g/mol. The van der Waals surface area contributed by atoms with Crippen LogP contribution >= 0.6 is 23.2 Å². The van der Waals surface area contributed by atoms with Crippen molar-refractivity contribution >= 4 is 38.9 Å². The Morgan fingerprint density at radius 3 is 2.50 bits per heavy atom. The fourth-order valence-corrected chi connectivity index (χ4v) is 3.57. The first-order valence-corrected chi connectivity index (χ1v) is 7.81. The van der Waals surface area contributed by atoms with Crippen LogP contribution in [-0.4, -0.2) is 13.5 Å². The topological polar surface area (TPSA) is 66.4 Å². The number of sulfonamides is 1. The van der Waals surface area contributed by atoms with Gasteiger partial charge in [-0.3, -0.25) is 4.72 Å². The zero-order valence-electron chi connectivity index (χ0n) is 10.4. The van der Waals surface area contributed by atoms with Crippen LogP contribution in [0, 0.1) is 6.92 Å². The highest BCUT2D eigenvalue weighted by Gasteiger charge is 2.20. The number of para-hydroxylation sites is 1. The molecule has 0 saturated carbocycles. The molecule has 2 N–H and O–H groups in total. The van der Waals surface area contributed by atoms with Crippen LogP contribution in [0.1, 0.15) is 5.56 Å². The third-order valence-electron chi connectivity index (χ3n) is 2.67. The van der Waals surface area contributed by atoms with Gasteiger partial charge in [0.2, 0.25) is 0 Å². The first-order valence-electron chi connectivity index (χ1n) is 5.58. The minimum Gasteiger partial charge on any atom is -0.506 e. The van der Waals surface area contributed by atoms with Crippen molar-refractivity contribution in [1.29, 1.82) is 0 Å². The molecule has 2 rings (SSSR count). The molecule has 7 heteroatoms. The van der Waals surface area contributed by atoms with E-state index in [0.717, 1.165) is 0 Å². The van der Waals surface area contributed by atoms with Crippen molar-refractivity contribution in [3.05, 3.63) is 52.0 Å². The summed E-state index contributed by atoms with van der Waals surface area (Å²) in [5.74, 6) is -0.160. The molecule has 2 aromatic carbocycles. The van der Waals surface area contributed by atoms with E-state index in [-0.39, 0.29) is 26.4 Å². The summed E-state index contributed by atoms with van der Waals surface area (Å²) in [6.45, 7) is 1.68. The van der Waals surface area contributed by atoms with E-state index in [1.54, 1.807) is 19.1 Å².